The fourth-order valence-corrected chi connectivity index (χ4v) is 1.10. The van der Waals surface area contributed by atoms with Gasteiger partial charge >= 0.3 is 0 Å². The number of pyridine rings is 1. The van der Waals surface area contributed by atoms with Crippen molar-refractivity contribution < 1.29 is 0 Å². The maximum Gasteiger partial charge on any atom is 0.0841 e. The molecule has 2 heterocycles. The second kappa shape index (κ2) is 2.21. The molecule has 0 unspecified atom stereocenters. The van der Waals surface area contributed by atoms with Gasteiger partial charge in [-0.1, -0.05) is 0 Å². The highest BCUT2D eigenvalue weighted by Crippen LogP contribution is 2.19. The summed E-state index contributed by atoms with van der Waals surface area (Å²) in [6, 6.07) is 3.92. The first kappa shape index (κ1) is 5.59. The number of hydrogen-bond donors (Lipinski definition) is 0. The quantitative estimate of drug-likeness (QED) is 0.527. The summed E-state index contributed by atoms with van der Waals surface area (Å²) in [5.74, 6) is 0. The lowest BCUT2D eigenvalue weighted by Gasteiger charge is -2.05. The SMILES string of the molecule is C1=Nc2cccnc2CC1. The van der Waals surface area contributed by atoms with Crippen LogP contribution in [0.2, 0.25) is 0 Å². The summed E-state index contributed by atoms with van der Waals surface area (Å²) in [5.41, 5.74) is 2.17. The van der Waals surface area contributed by atoms with Crippen molar-refractivity contribution in [3.63, 3.8) is 0 Å². The molecule has 0 aliphatic carbocycles. The molecule has 0 saturated carbocycles. The van der Waals surface area contributed by atoms with Crippen LogP contribution in [0.1, 0.15) is 12.1 Å². The molecule has 0 spiro atoms. The van der Waals surface area contributed by atoms with Gasteiger partial charge in [-0.3, -0.25) is 9.98 Å². The van der Waals surface area contributed by atoms with E-state index in [9.17, 15) is 0 Å². The highest BCUT2D eigenvalue weighted by Gasteiger charge is 2.03. The fraction of sp³-hybridized carbons (Fsp3) is 0.250. The lowest BCUT2D eigenvalue weighted by molar-refractivity contribution is 0.959. The highest BCUT2D eigenvalue weighted by atomic mass is 14.8. The van der Waals surface area contributed by atoms with Crippen LogP contribution in [0.15, 0.2) is 23.3 Å². The predicted octanol–water partition coefficient (Wildman–Crippen LogP) is 1.73. The Kier molecular flexibility index (Phi) is 1.24. The molecular formula is C8H8N2. The standard InChI is InChI=1S/C8H8N2/c1-3-7-8(9-5-1)4-2-6-10-7/h1,3,5-6H,2,4H2. The topological polar surface area (TPSA) is 25.2 Å². The average Bonchev–Trinajstić information content (AvgIpc) is 2.05. The lowest BCUT2D eigenvalue weighted by atomic mass is 10.1. The van der Waals surface area contributed by atoms with Crippen LogP contribution in [0.3, 0.4) is 0 Å². The molecule has 0 atom stereocenters. The molecule has 1 aromatic rings. The Labute approximate surface area is 59.6 Å². The van der Waals surface area contributed by atoms with Gasteiger partial charge in [0.15, 0.2) is 0 Å². The van der Waals surface area contributed by atoms with E-state index in [1.165, 1.54) is 0 Å². The van der Waals surface area contributed by atoms with Gasteiger partial charge in [0.25, 0.3) is 0 Å². The highest BCUT2D eigenvalue weighted by molar-refractivity contribution is 5.67. The number of aromatic nitrogens is 1. The van der Waals surface area contributed by atoms with Gasteiger partial charge in [-0.25, -0.2) is 0 Å². The summed E-state index contributed by atoms with van der Waals surface area (Å²) >= 11 is 0. The minimum Gasteiger partial charge on any atom is -0.259 e. The van der Waals surface area contributed by atoms with Crippen LogP contribution >= 0.6 is 0 Å². The van der Waals surface area contributed by atoms with Gasteiger partial charge in [-0.15, -0.1) is 0 Å². The van der Waals surface area contributed by atoms with E-state index in [2.05, 4.69) is 9.98 Å². The van der Waals surface area contributed by atoms with Crippen LogP contribution in [0.5, 0.6) is 0 Å². The van der Waals surface area contributed by atoms with Crippen LogP contribution in [0.25, 0.3) is 0 Å². The molecule has 0 aromatic carbocycles. The van der Waals surface area contributed by atoms with Crippen LogP contribution in [-0.2, 0) is 6.42 Å². The Morgan fingerprint density at radius 3 is 3.30 bits per heavy atom. The Bertz CT molecular complexity index is 266. The molecule has 50 valence electrons. The van der Waals surface area contributed by atoms with Gasteiger partial charge in [0.2, 0.25) is 0 Å². The molecule has 1 aliphatic heterocycles. The molecule has 0 radical (unpaired) electrons. The molecule has 10 heavy (non-hydrogen) atoms. The molecule has 1 aromatic heterocycles. The normalized spacial score (nSPS) is 14.8. The van der Waals surface area contributed by atoms with Crippen molar-refractivity contribution >= 4 is 11.9 Å². The number of nitrogens with zero attached hydrogens (tertiary/aromatic N) is 2. The van der Waals surface area contributed by atoms with Crippen molar-refractivity contribution in [1.82, 2.24) is 4.98 Å². The number of aliphatic imine (C=N–C) groups is 1. The fourth-order valence-electron chi connectivity index (χ4n) is 1.10. The minimum atomic E-state index is 1.03. The monoisotopic (exact) mass is 132 g/mol. The van der Waals surface area contributed by atoms with E-state index in [4.69, 9.17) is 0 Å². The second-order valence-electron chi connectivity index (χ2n) is 2.32. The van der Waals surface area contributed by atoms with Gasteiger partial charge in [-0.2, -0.15) is 0 Å². The number of aryl methyl sites for hydroxylation is 1. The average molecular weight is 132 g/mol. The van der Waals surface area contributed by atoms with E-state index in [1.54, 1.807) is 0 Å². The third kappa shape index (κ3) is 0.817. The Morgan fingerprint density at radius 2 is 2.40 bits per heavy atom. The Morgan fingerprint density at radius 1 is 1.40 bits per heavy atom. The molecule has 2 nitrogen and oxygen atoms in total. The molecule has 0 amide bonds. The van der Waals surface area contributed by atoms with E-state index in [1.807, 2.05) is 24.5 Å². The number of rotatable bonds is 0. The summed E-state index contributed by atoms with van der Waals surface area (Å²) in [6.07, 6.45) is 5.84. The van der Waals surface area contributed by atoms with Crippen molar-refractivity contribution in [1.29, 1.82) is 0 Å². The van der Waals surface area contributed by atoms with Crippen LogP contribution in [0, 0.1) is 0 Å². The largest absolute Gasteiger partial charge is 0.259 e. The van der Waals surface area contributed by atoms with Crippen molar-refractivity contribution in [2.75, 3.05) is 0 Å². The maximum absolute atomic E-state index is 4.21. The molecule has 0 N–H and O–H groups in total. The Hall–Kier alpha value is -1.18. The number of fused-ring (bicyclic) bond motifs is 1. The first-order valence-corrected chi connectivity index (χ1v) is 3.43. The lowest BCUT2D eigenvalue weighted by Crippen LogP contribution is -1.95. The summed E-state index contributed by atoms with van der Waals surface area (Å²) in [7, 11) is 0. The summed E-state index contributed by atoms with van der Waals surface area (Å²) in [6.45, 7) is 0. The van der Waals surface area contributed by atoms with Crippen LogP contribution < -0.4 is 0 Å². The summed E-state index contributed by atoms with van der Waals surface area (Å²) in [5, 5.41) is 0. The zero-order valence-electron chi connectivity index (χ0n) is 5.62. The van der Waals surface area contributed by atoms with Gasteiger partial charge in [-0.05, 0) is 25.0 Å². The molecular weight excluding hydrogens is 124 g/mol. The number of hydrogen-bond acceptors (Lipinski definition) is 2. The van der Waals surface area contributed by atoms with Crippen molar-refractivity contribution in [2.24, 2.45) is 4.99 Å². The zero-order valence-corrected chi connectivity index (χ0v) is 5.62. The predicted molar refractivity (Wildman–Crippen MR) is 40.7 cm³/mol. The first-order valence-electron chi connectivity index (χ1n) is 3.43. The van der Waals surface area contributed by atoms with Crippen molar-refractivity contribution in [2.45, 2.75) is 12.8 Å². The van der Waals surface area contributed by atoms with Gasteiger partial charge in [0.1, 0.15) is 0 Å². The molecule has 0 fully saturated rings. The smallest absolute Gasteiger partial charge is 0.0841 e. The molecule has 1 aliphatic rings. The van der Waals surface area contributed by atoms with E-state index in [0.29, 0.717) is 0 Å². The van der Waals surface area contributed by atoms with Crippen molar-refractivity contribution in [3.05, 3.63) is 24.0 Å². The van der Waals surface area contributed by atoms with E-state index >= 15 is 0 Å². The molecule has 2 rings (SSSR count). The van der Waals surface area contributed by atoms with E-state index < -0.39 is 0 Å². The van der Waals surface area contributed by atoms with Gasteiger partial charge < -0.3 is 0 Å². The third-order valence-corrected chi connectivity index (χ3v) is 1.61. The van der Waals surface area contributed by atoms with E-state index in [0.717, 1.165) is 24.2 Å². The minimum absolute atomic E-state index is 1.03. The van der Waals surface area contributed by atoms with Gasteiger partial charge in [0.05, 0.1) is 11.4 Å². The van der Waals surface area contributed by atoms with E-state index in [-0.39, 0.29) is 0 Å². The molecule has 0 saturated heterocycles. The summed E-state index contributed by atoms with van der Waals surface area (Å²) in [4.78, 5) is 8.41. The second-order valence-corrected chi connectivity index (χ2v) is 2.32. The van der Waals surface area contributed by atoms with Gasteiger partial charge in [0, 0.05) is 12.4 Å². The molecule has 0 bridgehead atoms. The Balaban J connectivity index is 2.54. The zero-order chi connectivity index (χ0) is 6.81. The van der Waals surface area contributed by atoms with Crippen LogP contribution in [0.4, 0.5) is 5.69 Å². The first-order chi connectivity index (χ1) is 4.97. The third-order valence-electron chi connectivity index (χ3n) is 1.61. The molecule has 2 heteroatoms. The van der Waals surface area contributed by atoms with Crippen molar-refractivity contribution in [3.8, 4) is 0 Å². The van der Waals surface area contributed by atoms with Crippen LogP contribution in [-0.4, -0.2) is 11.2 Å². The summed E-state index contributed by atoms with van der Waals surface area (Å²) < 4.78 is 0. The maximum atomic E-state index is 4.21.